The van der Waals surface area contributed by atoms with Gasteiger partial charge in [0.15, 0.2) is 6.61 Å². The fourth-order valence-corrected chi connectivity index (χ4v) is 3.28. The van der Waals surface area contributed by atoms with Crippen LogP contribution in [0, 0.1) is 6.92 Å². The molecule has 0 spiro atoms. The number of carbonyl (C=O) groups is 2. The second-order valence-corrected chi connectivity index (χ2v) is 7.76. The Morgan fingerprint density at radius 1 is 1.13 bits per heavy atom. The lowest BCUT2D eigenvalue weighted by Gasteiger charge is -2.30. The summed E-state index contributed by atoms with van der Waals surface area (Å²) < 4.78 is 5.65. The fraction of sp³-hybridized carbons (Fsp3) is 0.417. The number of ether oxygens (including phenoxy) is 1. The summed E-state index contributed by atoms with van der Waals surface area (Å²) in [4.78, 5) is 27.5. The van der Waals surface area contributed by atoms with Gasteiger partial charge in [0.1, 0.15) is 11.8 Å². The van der Waals surface area contributed by atoms with Crippen LogP contribution in [-0.2, 0) is 16.1 Å². The normalized spacial score (nSPS) is 11.6. The number of nitrogens with zero attached hydrogens (tertiary/aromatic N) is 1. The van der Waals surface area contributed by atoms with Crippen molar-refractivity contribution in [1.29, 1.82) is 0 Å². The zero-order chi connectivity index (χ0) is 21.9. The molecular formula is C24H31ClN2O3. The van der Waals surface area contributed by atoms with Crippen molar-refractivity contribution in [3.8, 4) is 5.75 Å². The maximum Gasteiger partial charge on any atom is 0.261 e. The first kappa shape index (κ1) is 23.7. The van der Waals surface area contributed by atoms with Crippen molar-refractivity contribution in [2.75, 3.05) is 13.2 Å². The predicted octanol–water partition coefficient (Wildman–Crippen LogP) is 4.75. The van der Waals surface area contributed by atoms with Crippen LogP contribution in [-0.4, -0.2) is 35.9 Å². The molecule has 0 aliphatic carbocycles. The number of unbranched alkanes of at least 4 members (excludes halogenated alkanes) is 1. The van der Waals surface area contributed by atoms with Crippen molar-refractivity contribution in [3.63, 3.8) is 0 Å². The van der Waals surface area contributed by atoms with Crippen LogP contribution in [0.1, 0.15) is 44.2 Å². The molecule has 6 heteroatoms. The van der Waals surface area contributed by atoms with Crippen LogP contribution in [0.4, 0.5) is 0 Å². The molecular weight excluding hydrogens is 400 g/mol. The summed E-state index contributed by atoms with van der Waals surface area (Å²) in [7, 11) is 0. The van der Waals surface area contributed by atoms with E-state index in [-0.39, 0.29) is 18.4 Å². The topological polar surface area (TPSA) is 58.6 Å². The highest BCUT2D eigenvalue weighted by Gasteiger charge is 2.28. The highest BCUT2D eigenvalue weighted by Crippen LogP contribution is 2.18. The Bertz CT molecular complexity index is 823. The zero-order valence-electron chi connectivity index (χ0n) is 18.0. The second kappa shape index (κ2) is 12.2. The van der Waals surface area contributed by atoms with Crippen LogP contribution in [0.15, 0.2) is 48.5 Å². The van der Waals surface area contributed by atoms with Crippen LogP contribution < -0.4 is 10.1 Å². The van der Waals surface area contributed by atoms with Gasteiger partial charge in [-0.15, -0.1) is 0 Å². The molecule has 0 saturated carbocycles. The largest absolute Gasteiger partial charge is 0.484 e. The number of hydrogen-bond donors (Lipinski definition) is 1. The number of rotatable bonds is 11. The third-order valence-electron chi connectivity index (χ3n) is 4.85. The lowest BCUT2D eigenvalue weighted by atomic mass is 10.1. The van der Waals surface area contributed by atoms with Gasteiger partial charge in [0, 0.05) is 18.1 Å². The first-order chi connectivity index (χ1) is 14.4. The molecule has 0 unspecified atom stereocenters. The van der Waals surface area contributed by atoms with E-state index in [0.717, 1.165) is 24.0 Å². The molecule has 30 heavy (non-hydrogen) atoms. The molecule has 5 nitrogen and oxygen atoms in total. The highest BCUT2D eigenvalue weighted by molar-refractivity contribution is 6.30. The van der Waals surface area contributed by atoms with E-state index in [0.29, 0.717) is 30.3 Å². The van der Waals surface area contributed by atoms with Gasteiger partial charge in [0.05, 0.1) is 0 Å². The van der Waals surface area contributed by atoms with Gasteiger partial charge in [-0.1, -0.05) is 67.8 Å². The standard InChI is InChI=1S/C24H31ClN2O3/c1-4-6-14-26-24(29)22(5-2)27(16-19-12-10-18(3)11-13-19)23(28)17-30-21-9-7-8-20(25)15-21/h7-13,15,22H,4-6,14,16-17H2,1-3H3,(H,26,29)/t22-/m0/s1. The number of aryl methyl sites for hydroxylation is 1. The average Bonchev–Trinajstić information content (AvgIpc) is 2.73. The van der Waals surface area contributed by atoms with Gasteiger partial charge in [-0.3, -0.25) is 9.59 Å². The van der Waals surface area contributed by atoms with Crippen molar-refractivity contribution >= 4 is 23.4 Å². The van der Waals surface area contributed by atoms with Gasteiger partial charge < -0.3 is 15.0 Å². The van der Waals surface area contributed by atoms with Gasteiger partial charge in [-0.05, 0) is 43.5 Å². The van der Waals surface area contributed by atoms with Gasteiger partial charge in [0.2, 0.25) is 5.91 Å². The molecule has 0 aliphatic heterocycles. The molecule has 2 rings (SSSR count). The molecule has 2 aromatic rings. The maximum absolute atomic E-state index is 13.1. The Morgan fingerprint density at radius 2 is 1.87 bits per heavy atom. The van der Waals surface area contributed by atoms with Gasteiger partial charge in [-0.2, -0.15) is 0 Å². The maximum atomic E-state index is 13.1. The molecule has 0 fully saturated rings. The number of benzene rings is 2. The van der Waals surface area contributed by atoms with E-state index in [4.69, 9.17) is 16.3 Å². The third kappa shape index (κ3) is 7.38. The number of carbonyl (C=O) groups excluding carboxylic acids is 2. The van der Waals surface area contributed by atoms with E-state index in [1.165, 1.54) is 0 Å². The van der Waals surface area contributed by atoms with E-state index < -0.39 is 6.04 Å². The number of amides is 2. The Labute approximate surface area is 184 Å². The van der Waals surface area contributed by atoms with Crippen molar-refractivity contribution in [2.24, 2.45) is 0 Å². The molecule has 0 radical (unpaired) electrons. The lowest BCUT2D eigenvalue weighted by molar-refractivity contribution is -0.143. The van der Waals surface area contributed by atoms with E-state index in [9.17, 15) is 9.59 Å². The molecule has 1 atom stereocenters. The van der Waals surface area contributed by atoms with Crippen LogP contribution in [0.25, 0.3) is 0 Å². The van der Waals surface area contributed by atoms with Crippen molar-refractivity contribution < 1.29 is 14.3 Å². The number of halogens is 1. The van der Waals surface area contributed by atoms with Crippen LogP contribution in [0.2, 0.25) is 5.02 Å². The molecule has 2 aromatic carbocycles. The molecule has 0 heterocycles. The Kier molecular flexibility index (Phi) is 9.68. The van der Waals surface area contributed by atoms with Gasteiger partial charge >= 0.3 is 0 Å². The first-order valence-electron chi connectivity index (χ1n) is 10.5. The summed E-state index contributed by atoms with van der Waals surface area (Å²) in [5, 5.41) is 3.50. The van der Waals surface area contributed by atoms with Gasteiger partial charge in [-0.25, -0.2) is 0 Å². The predicted molar refractivity (Wildman–Crippen MR) is 121 cm³/mol. The summed E-state index contributed by atoms with van der Waals surface area (Å²) in [6, 6.07) is 14.3. The highest BCUT2D eigenvalue weighted by atomic mass is 35.5. The average molecular weight is 431 g/mol. The molecule has 0 saturated heterocycles. The minimum absolute atomic E-state index is 0.130. The van der Waals surface area contributed by atoms with Crippen LogP contribution in [0.5, 0.6) is 5.75 Å². The number of hydrogen-bond acceptors (Lipinski definition) is 3. The molecule has 1 N–H and O–H groups in total. The molecule has 162 valence electrons. The fourth-order valence-electron chi connectivity index (χ4n) is 3.10. The second-order valence-electron chi connectivity index (χ2n) is 7.32. The Balaban J connectivity index is 2.16. The summed E-state index contributed by atoms with van der Waals surface area (Å²) in [5.41, 5.74) is 2.11. The lowest BCUT2D eigenvalue weighted by Crippen LogP contribution is -2.50. The minimum atomic E-state index is -0.557. The summed E-state index contributed by atoms with van der Waals surface area (Å²) >= 11 is 5.99. The van der Waals surface area contributed by atoms with Crippen LogP contribution in [0.3, 0.4) is 0 Å². The summed E-state index contributed by atoms with van der Waals surface area (Å²) in [6.07, 6.45) is 2.43. The monoisotopic (exact) mass is 430 g/mol. The SMILES string of the molecule is CCCCNC(=O)[C@H](CC)N(Cc1ccc(C)cc1)C(=O)COc1cccc(Cl)c1. The Hall–Kier alpha value is -2.53. The van der Waals surface area contributed by atoms with E-state index in [1.807, 2.05) is 38.1 Å². The molecule has 0 aliphatic rings. The first-order valence-corrected chi connectivity index (χ1v) is 10.8. The quantitative estimate of drug-likeness (QED) is 0.523. The molecule has 0 aromatic heterocycles. The smallest absolute Gasteiger partial charge is 0.261 e. The van der Waals surface area contributed by atoms with Crippen molar-refractivity contribution in [1.82, 2.24) is 10.2 Å². The molecule has 0 bridgehead atoms. The van der Waals surface area contributed by atoms with E-state index in [1.54, 1.807) is 29.2 Å². The van der Waals surface area contributed by atoms with Crippen molar-refractivity contribution in [3.05, 3.63) is 64.7 Å². The minimum Gasteiger partial charge on any atom is -0.484 e. The third-order valence-corrected chi connectivity index (χ3v) is 5.08. The van der Waals surface area contributed by atoms with Crippen LogP contribution >= 0.6 is 11.6 Å². The Morgan fingerprint density at radius 3 is 2.50 bits per heavy atom. The van der Waals surface area contributed by atoms with E-state index >= 15 is 0 Å². The zero-order valence-corrected chi connectivity index (χ0v) is 18.7. The van der Waals surface area contributed by atoms with Crippen molar-refractivity contribution in [2.45, 2.75) is 52.6 Å². The number of nitrogens with one attached hydrogen (secondary N) is 1. The summed E-state index contributed by atoms with van der Waals surface area (Å²) in [5.74, 6) is 0.147. The van der Waals surface area contributed by atoms with Gasteiger partial charge in [0.25, 0.3) is 5.91 Å². The molecule has 2 amide bonds. The van der Waals surface area contributed by atoms with E-state index in [2.05, 4.69) is 12.2 Å². The summed E-state index contributed by atoms with van der Waals surface area (Å²) in [6.45, 7) is 6.79.